The van der Waals surface area contributed by atoms with Gasteiger partial charge in [-0.2, -0.15) is 0 Å². The van der Waals surface area contributed by atoms with Crippen molar-refractivity contribution in [2.24, 2.45) is 7.05 Å². The van der Waals surface area contributed by atoms with Crippen molar-refractivity contribution >= 4 is 16.8 Å². The molecule has 0 bridgehead atoms. The molecule has 2 aromatic carbocycles. The SMILES string of the molecule is COc1ccccc1C(=O)NCC(O)c1ccc2c(ccn2C)c1. The Bertz CT molecular complexity index is 870. The molecule has 5 heteroatoms. The quantitative estimate of drug-likeness (QED) is 0.758. The van der Waals surface area contributed by atoms with E-state index in [0.717, 1.165) is 16.5 Å². The third kappa shape index (κ3) is 3.12. The first-order valence-corrected chi connectivity index (χ1v) is 7.74. The minimum atomic E-state index is -0.770. The van der Waals surface area contributed by atoms with Gasteiger partial charge >= 0.3 is 0 Å². The molecule has 0 radical (unpaired) electrons. The number of hydrogen-bond acceptors (Lipinski definition) is 3. The highest BCUT2D eigenvalue weighted by Crippen LogP contribution is 2.21. The molecule has 0 spiro atoms. The monoisotopic (exact) mass is 324 g/mol. The number of benzene rings is 2. The van der Waals surface area contributed by atoms with Crippen LogP contribution in [0.15, 0.2) is 54.7 Å². The third-order valence-electron chi connectivity index (χ3n) is 4.10. The molecule has 24 heavy (non-hydrogen) atoms. The first-order valence-electron chi connectivity index (χ1n) is 7.74. The molecule has 0 aliphatic rings. The van der Waals surface area contributed by atoms with E-state index in [0.29, 0.717) is 11.3 Å². The molecular weight excluding hydrogens is 304 g/mol. The fourth-order valence-electron chi connectivity index (χ4n) is 2.74. The van der Waals surface area contributed by atoms with Crippen molar-refractivity contribution in [3.8, 4) is 5.75 Å². The summed E-state index contributed by atoms with van der Waals surface area (Å²) in [4.78, 5) is 12.3. The molecule has 0 saturated carbocycles. The lowest BCUT2D eigenvalue weighted by Crippen LogP contribution is -2.28. The maximum absolute atomic E-state index is 12.3. The van der Waals surface area contributed by atoms with Crippen LogP contribution >= 0.6 is 0 Å². The summed E-state index contributed by atoms with van der Waals surface area (Å²) in [6, 6.07) is 14.8. The van der Waals surface area contributed by atoms with Gasteiger partial charge in [0.15, 0.2) is 0 Å². The first-order chi connectivity index (χ1) is 11.6. The highest BCUT2D eigenvalue weighted by Gasteiger charge is 2.14. The van der Waals surface area contributed by atoms with E-state index in [4.69, 9.17) is 4.74 Å². The Morgan fingerprint density at radius 2 is 2.04 bits per heavy atom. The second-order valence-electron chi connectivity index (χ2n) is 5.67. The molecule has 124 valence electrons. The summed E-state index contributed by atoms with van der Waals surface area (Å²) >= 11 is 0. The molecule has 0 saturated heterocycles. The zero-order chi connectivity index (χ0) is 17.1. The van der Waals surface area contributed by atoms with Gasteiger partial charge in [-0.05, 0) is 41.3 Å². The van der Waals surface area contributed by atoms with Gasteiger partial charge < -0.3 is 19.7 Å². The van der Waals surface area contributed by atoms with Crippen LogP contribution in [0.5, 0.6) is 5.75 Å². The topological polar surface area (TPSA) is 63.5 Å². The van der Waals surface area contributed by atoms with E-state index in [9.17, 15) is 9.90 Å². The average molecular weight is 324 g/mol. The molecule has 1 amide bonds. The fourth-order valence-corrected chi connectivity index (χ4v) is 2.74. The van der Waals surface area contributed by atoms with Gasteiger partial charge in [-0.3, -0.25) is 4.79 Å². The van der Waals surface area contributed by atoms with E-state index in [1.54, 1.807) is 24.3 Å². The van der Waals surface area contributed by atoms with E-state index < -0.39 is 6.10 Å². The molecule has 0 aliphatic carbocycles. The minimum absolute atomic E-state index is 0.134. The van der Waals surface area contributed by atoms with Crippen LogP contribution in [0.1, 0.15) is 22.0 Å². The fraction of sp³-hybridized carbons (Fsp3) is 0.211. The number of aryl methyl sites for hydroxylation is 1. The predicted octanol–water partition coefficient (Wildman–Crippen LogP) is 2.65. The van der Waals surface area contributed by atoms with Gasteiger partial charge in [-0.25, -0.2) is 0 Å². The summed E-state index contributed by atoms with van der Waals surface area (Å²) in [6.07, 6.45) is 1.21. The number of para-hydroxylation sites is 1. The number of aromatic nitrogens is 1. The van der Waals surface area contributed by atoms with Crippen LogP contribution in [-0.2, 0) is 7.05 Å². The average Bonchev–Trinajstić information content (AvgIpc) is 2.99. The molecule has 3 rings (SSSR count). The number of carbonyl (C=O) groups excluding carboxylic acids is 1. The van der Waals surface area contributed by atoms with E-state index in [1.165, 1.54) is 7.11 Å². The molecule has 1 atom stereocenters. The Kier molecular flexibility index (Phi) is 4.53. The van der Waals surface area contributed by atoms with E-state index >= 15 is 0 Å². The zero-order valence-electron chi connectivity index (χ0n) is 13.7. The molecule has 1 aromatic heterocycles. The Labute approximate surface area is 140 Å². The van der Waals surface area contributed by atoms with Gasteiger partial charge in [0.05, 0.1) is 18.8 Å². The summed E-state index contributed by atoms with van der Waals surface area (Å²) in [5.74, 6) is 0.238. The second kappa shape index (κ2) is 6.76. The van der Waals surface area contributed by atoms with Crippen LogP contribution in [0.3, 0.4) is 0 Å². The maximum Gasteiger partial charge on any atom is 0.255 e. The smallest absolute Gasteiger partial charge is 0.255 e. The number of rotatable bonds is 5. The lowest BCUT2D eigenvalue weighted by Gasteiger charge is -2.14. The van der Waals surface area contributed by atoms with Gasteiger partial charge in [0.2, 0.25) is 0 Å². The lowest BCUT2D eigenvalue weighted by molar-refractivity contribution is 0.0913. The second-order valence-corrected chi connectivity index (χ2v) is 5.67. The summed E-state index contributed by atoms with van der Waals surface area (Å²) in [7, 11) is 3.50. The lowest BCUT2D eigenvalue weighted by atomic mass is 10.1. The van der Waals surface area contributed by atoms with E-state index in [-0.39, 0.29) is 12.5 Å². The van der Waals surface area contributed by atoms with Gasteiger partial charge in [0, 0.05) is 25.3 Å². The number of hydrogen-bond donors (Lipinski definition) is 2. The third-order valence-corrected chi connectivity index (χ3v) is 4.10. The van der Waals surface area contributed by atoms with Crippen LogP contribution in [0.4, 0.5) is 0 Å². The van der Waals surface area contributed by atoms with Crippen LogP contribution in [0, 0.1) is 0 Å². The van der Waals surface area contributed by atoms with Crippen molar-refractivity contribution in [3.05, 3.63) is 65.9 Å². The number of carbonyl (C=O) groups is 1. The molecule has 2 N–H and O–H groups in total. The van der Waals surface area contributed by atoms with Crippen LogP contribution in [0.2, 0.25) is 0 Å². The summed E-state index contributed by atoms with van der Waals surface area (Å²) in [5, 5.41) is 14.2. The van der Waals surface area contributed by atoms with Crippen LogP contribution in [-0.4, -0.2) is 29.2 Å². The van der Waals surface area contributed by atoms with Crippen molar-refractivity contribution in [2.45, 2.75) is 6.10 Å². The molecule has 1 unspecified atom stereocenters. The molecule has 0 fully saturated rings. The van der Waals surface area contributed by atoms with Crippen molar-refractivity contribution in [1.82, 2.24) is 9.88 Å². The van der Waals surface area contributed by atoms with Crippen LogP contribution < -0.4 is 10.1 Å². The van der Waals surface area contributed by atoms with Crippen molar-refractivity contribution in [2.75, 3.05) is 13.7 Å². The standard InChI is InChI=1S/C19H20N2O3/c1-21-10-9-13-11-14(7-8-16(13)21)17(22)12-20-19(23)15-5-3-4-6-18(15)24-2/h3-11,17,22H,12H2,1-2H3,(H,20,23). The molecule has 0 aliphatic heterocycles. The van der Waals surface area contributed by atoms with Gasteiger partial charge in [-0.15, -0.1) is 0 Å². The first kappa shape index (κ1) is 16.1. The molecular formula is C19H20N2O3. The number of ether oxygens (including phenoxy) is 1. The number of nitrogens with zero attached hydrogens (tertiary/aromatic N) is 1. The van der Waals surface area contributed by atoms with Crippen molar-refractivity contribution < 1.29 is 14.6 Å². The Morgan fingerprint density at radius 3 is 2.83 bits per heavy atom. The molecule has 5 nitrogen and oxygen atoms in total. The van der Waals surface area contributed by atoms with Gasteiger partial charge in [0.25, 0.3) is 5.91 Å². The highest BCUT2D eigenvalue weighted by atomic mass is 16.5. The predicted molar refractivity (Wildman–Crippen MR) is 93.2 cm³/mol. The van der Waals surface area contributed by atoms with Gasteiger partial charge in [0.1, 0.15) is 5.75 Å². The summed E-state index contributed by atoms with van der Waals surface area (Å²) < 4.78 is 7.21. The number of nitrogens with one attached hydrogen (secondary N) is 1. The molecule has 3 aromatic rings. The molecule has 1 heterocycles. The number of methoxy groups -OCH3 is 1. The van der Waals surface area contributed by atoms with E-state index in [1.807, 2.05) is 42.1 Å². The minimum Gasteiger partial charge on any atom is -0.496 e. The number of aliphatic hydroxyl groups is 1. The van der Waals surface area contributed by atoms with Crippen molar-refractivity contribution in [3.63, 3.8) is 0 Å². The number of fused-ring (bicyclic) bond motifs is 1. The largest absolute Gasteiger partial charge is 0.496 e. The van der Waals surface area contributed by atoms with Gasteiger partial charge in [-0.1, -0.05) is 18.2 Å². The number of amides is 1. The summed E-state index contributed by atoms with van der Waals surface area (Å²) in [6.45, 7) is 0.134. The highest BCUT2D eigenvalue weighted by molar-refractivity contribution is 5.96. The Balaban J connectivity index is 1.69. The van der Waals surface area contributed by atoms with Crippen LogP contribution in [0.25, 0.3) is 10.9 Å². The van der Waals surface area contributed by atoms with Crippen molar-refractivity contribution in [1.29, 1.82) is 0 Å². The zero-order valence-corrected chi connectivity index (χ0v) is 13.7. The Hall–Kier alpha value is -2.79. The number of aliphatic hydroxyl groups excluding tert-OH is 1. The summed E-state index contributed by atoms with van der Waals surface area (Å²) in [5.41, 5.74) is 2.32. The Morgan fingerprint density at radius 1 is 1.25 bits per heavy atom. The maximum atomic E-state index is 12.3. The normalized spacial score (nSPS) is 12.1. The van der Waals surface area contributed by atoms with E-state index in [2.05, 4.69) is 5.32 Å².